The number of ether oxygens (including phenoxy) is 1. The highest BCUT2D eigenvalue weighted by atomic mass is 16.5. The van der Waals surface area contributed by atoms with Crippen molar-refractivity contribution in [1.29, 1.82) is 0 Å². The summed E-state index contributed by atoms with van der Waals surface area (Å²) < 4.78 is 5.12. The summed E-state index contributed by atoms with van der Waals surface area (Å²) in [6.07, 6.45) is 0. The lowest BCUT2D eigenvalue weighted by Gasteiger charge is -2.15. The molecule has 1 fully saturated rings. The smallest absolute Gasteiger partial charge is 0.309 e. The minimum absolute atomic E-state index is 0.153. The van der Waals surface area contributed by atoms with E-state index < -0.39 is 11.9 Å². The highest BCUT2D eigenvalue weighted by molar-refractivity contribution is 5.72. The van der Waals surface area contributed by atoms with Crippen molar-refractivity contribution in [3.8, 4) is 5.75 Å². The van der Waals surface area contributed by atoms with E-state index in [-0.39, 0.29) is 12.5 Å². The first kappa shape index (κ1) is 12.3. The molecule has 0 radical (unpaired) electrons. The van der Waals surface area contributed by atoms with Crippen molar-refractivity contribution in [2.75, 3.05) is 20.2 Å². The predicted octanol–water partition coefficient (Wildman–Crippen LogP) is 1.48. The Labute approximate surface area is 104 Å². The van der Waals surface area contributed by atoms with Gasteiger partial charge in [-0.15, -0.1) is 4.91 Å². The Morgan fingerprint density at radius 2 is 2.28 bits per heavy atom. The molecule has 6 nitrogen and oxygen atoms in total. The van der Waals surface area contributed by atoms with Crippen molar-refractivity contribution in [3.05, 3.63) is 34.7 Å². The summed E-state index contributed by atoms with van der Waals surface area (Å²) in [5.74, 6) is -1.09. The molecule has 2 unspecified atom stereocenters. The molecule has 1 saturated heterocycles. The average Bonchev–Trinajstić information content (AvgIpc) is 2.83. The maximum Gasteiger partial charge on any atom is 0.309 e. The third-order valence-corrected chi connectivity index (χ3v) is 3.26. The van der Waals surface area contributed by atoms with E-state index in [0.29, 0.717) is 12.3 Å². The van der Waals surface area contributed by atoms with Gasteiger partial charge in [-0.3, -0.25) is 9.80 Å². The number of methoxy groups -OCH3 is 1. The van der Waals surface area contributed by atoms with E-state index in [1.165, 1.54) is 5.01 Å². The van der Waals surface area contributed by atoms with E-state index in [2.05, 4.69) is 5.29 Å². The van der Waals surface area contributed by atoms with E-state index in [1.54, 1.807) is 19.2 Å². The molecule has 0 spiro atoms. The lowest BCUT2D eigenvalue weighted by Crippen LogP contribution is -2.21. The number of benzene rings is 1. The van der Waals surface area contributed by atoms with Gasteiger partial charge in [-0.1, -0.05) is 12.1 Å². The van der Waals surface area contributed by atoms with Crippen molar-refractivity contribution in [3.63, 3.8) is 0 Å². The van der Waals surface area contributed by atoms with E-state index in [1.807, 2.05) is 12.1 Å². The Morgan fingerprint density at radius 3 is 2.89 bits per heavy atom. The highest BCUT2D eigenvalue weighted by Gasteiger charge is 2.39. The van der Waals surface area contributed by atoms with Crippen molar-refractivity contribution < 1.29 is 14.6 Å². The fourth-order valence-corrected chi connectivity index (χ4v) is 2.31. The number of hydrogen-bond donors (Lipinski definition) is 1. The standard InChI is InChI=1S/C12H14N2O4/c1-18-9-4-2-3-8(5-9)10-6-14(13-17)7-11(10)12(15)16/h2-5,10-11H,6-7H2,1H3,(H,15,16). The Hall–Kier alpha value is -2.11. The van der Waals surface area contributed by atoms with Gasteiger partial charge in [0.2, 0.25) is 0 Å². The van der Waals surface area contributed by atoms with Gasteiger partial charge in [0.05, 0.1) is 24.9 Å². The number of aliphatic carboxylic acids is 1. The number of carboxylic acid groups (broad SMARTS) is 1. The van der Waals surface area contributed by atoms with Crippen LogP contribution in [-0.4, -0.2) is 36.3 Å². The SMILES string of the molecule is COc1cccc(C2CN(N=O)CC2C(=O)O)c1. The number of carboxylic acids is 1. The molecule has 0 bridgehead atoms. The molecule has 1 aromatic rings. The number of rotatable bonds is 4. The molecule has 1 N–H and O–H groups in total. The van der Waals surface area contributed by atoms with E-state index in [9.17, 15) is 14.8 Å². The molecule has 2 atom stereocenters. The van der Waals surface area contributed by atoms with Gasteiger partial charge in [0.1, 0.15) is 5.75 Å². The fraction of sp³-hybridized carbons (Fsp3) is 0.417. The third-order valence-electron chi connectivity index (χ3n) is 3.26. The van der Waals surface area contributed by atoms with Crippen LogP contribution in [0.4, 0.5) is 0 Å². The van der Waals surface area contributed by atoms with Crippen LogP contribution in [0.5, 0.6) is 5.75 Å². The molecule has 1 aliphatic rings. The molecule has 0 saturated carbocycles. The van der Waals surface area contributed by atoms with Crippen LogP contribution < -0.4 is 4.74 Å². The van der Waals surface area contributed by atoms with Crippen LogP contribution in [0.1, 0.15) is 11.5 Å². The van der Waals surface area contributed by atoms with Crippen LogP contribution in [0.2, 0.25) is 0 Å². The number of carbonyl (C=O) groups is 1. The zero-order valence-electron chi connectivity index (χ0n) is 9.94. The zero-order valence-corrected chi connectivity index (χ0v) is 9.94. The first-order valence-electron chi connectivity index (χ1n) is 5.60. The number of hydrogen-bond acceptors (Lipinski definition) is 4. The Bertz CT molecular complexity index is 463. The summed E-state index contributed by atoms with van der Waals surface area (Å²) in [6, 6.07) is 7.25. The average molecular weight is 250 g/mol. The van der Waals surface area contributed by atoms with E-state index >= 15 is 0 Å². The summed E-state index contributed by atoms with van der Waals surface area (Å²) in [4.78, 5) is 21.7. The maximum atomic E-state index is 11.2. The quantitative estimate of drug-likeness (QED) is 0.819. The fourth-order valence-electron chi connectivity index (χ4n) is 2.31. The summed E-state index contributed by atoms with van der Waals surface area (Å²) >= 11 is 0. The van der Waals surface area contributed by atoms with Crippen molar-refractivity contribution in [2.24, 2.45) is 11.2 Å². The van der Waals surface area contributed by atoms with Crippen molar-refractivity contribution in [1.82, 2.24) is 5.01 Å². The largest absolute Gasteiger partial charge is 0.497 e. The van der Waals surface area contributed by atoms with Crippen molar-refractivity contribution in [2.45, 2.75) is 5.92 Å². The number of nitrogens with zero attached hydrogens (tertiary/aromatic N) is 2. The molecule has 6 heteroatoms. The van der Waals surface area contributed by atoms with Gasteiger partial charge in [0.25, 0.3) is 0 Å². The van der Waals surface area contributed by atoms with E-state index in [4.69, 9.17) is 4.74 Å². The monoisotopic (exact) mass is 250 g/mol. The van der Waals surface area contributed by atoms with Crippen LogP contribution in [0.3, 0.4) is 0 Å². The van der Waals surface area contributed by atoms with Crippen LogP contribution in [0, 0.1) is 10.8 Å². The molecule has 0 aliphatic carbocycles. The molecule has 96 valence electrons. The van der Waals surface area contributed by atoms with Gasteiger partial charge in [-0.05, 0) is 17.7 Å². The number of nitroso groups, excluding NO2 is 1. The van der Waals surface area contributed by atoms with Gasteiger partial charge >= 0.3 is 5.97 Å². The lowest BCUT2D eigenvalue weighted by molar-refractivity contribution is -0.141. The Kier molecular flexibility index (Phi) is 3.45. The van der Waals surface area contributed by atoms with Crippen LogP contribution in [0.15, 0.2) is 29.6 Å². The zero-order chi connectivity index (χ0) is 13.1. The minimum Gasteiger partial charge on any atom is -0.497 e. The predicted molar refractivity (Wildman–Crippen MR) is 64.2 cm³/mol. The highest BCUT2D eigenvalue weighted by Crippen LogP contribution is 2.34. The molecule has 0 amide bonds. The molecule has 1 heterocycles. The first-order valence-corrected chi connectivity index (χ1v) is 5.60. The third kappa shape index (κ3) is 2.27. The normalized spacial score (nSPS) is 22.8. The summed E-state index contributed by atoms with van der Waals surface area (Å²) in [5.41, 5.74) is 0.855. The molecule has 0 aromatic heterocycles. The summed E-state index contributed by atoms with van der Waals surface area (Å²) in [7, 11) is 1.56. The Balaban J connectivity index is 2.29. The van der Waals surface area contributed by atoms with Gasteiger partial charge in [-0.25, -0.2) is 0 Å². The van der Waals surface area contributed by atoms with Crippen LogP contribution in [-0.2, 0) is 4.79 Å². The lowest BCUT2D eigenvalue weighted by atomic mass is 9.89. The molecule has 1 aliphatic heterocycles. The maximum absolute atomic E-state index is 11.2. The first-order chi connectivity index (χ1) is 8.65. The molecule has 2 rings (SSSR count). The van der Waals surface area contributed by atoms with Gasteiger partial charge in [0.15, 0.2) is 0 Å². The van der Waals surface area contributed by atoms with Crippen LogP contribution in [0.25, 0.3) is 0 Å². The topological polar surface area (TPSA) is 79.2 Å². The minimum atomic E-state index is -0.908. The second kappa shape index (κ2) is 5.03. The van der Waals surface area contributed by atoms with Gasteiger partial charge < -0.3 is 9.84 Å². The molecular formula is C12H14N2O4. The Morgan fingerprint density at radius 1 is 1.50 bits per heavy atom. The summed E-state index contributed by atoms with van der Waals surface area (Å²) in [5, 5.41) is 13.3. The van der Waals surface area contributed by atoms with Crippen LogP contribution >= 0.6 is 0 Å². The molecule has 1 aromatic carbocycles. The van der Waals surface area contributed by atoms with Gasteiger partial charge in [-0.2, -0.15) is 0 Å². The summed E-state index contributed by atoms with van der Waals surface area (Å²) in [6.45, 7) is 0.481. The molecule has 18 heavy (non-hydrogen) atoms. The molecular weight excluding hydrogens is 236 g/mol. The van der Waals surface area contributed by atoms with Crippen molar-refractivity contribution >= 4 is 5.97 Å². The second-order valence-corrected chi connectivity index (χ2v) is 4.28. The van der Waals surface area contributed by atoms with E-state index in [0.717, 1.165) is 5.56 Å². The van der Waals surface area contributed by atoms with Gasteiger partial charge in [0, 0.05) is 12.5 Å². The second-order valence-electron chi connectivity index (χ2n) is 4.28.